The second-order valence-corrected chi connectivity index (χ2v) is 2.62. The molecule has 1 N–H and O–H groups in total. The molecule has 0 aliphatic heterocycles. The van der Waals surface area contributed by atoms with Gasteiger partial charge in [-0.2, -0.15) is 0 Å². The minimum Gasteiger partial charge on any atom is -0.450 e. The molecule has 5 heteroatoms. The Balaban J connectivity index is 3.20. The van der Waals surface area contributed by atoms with Crippen LogP contribution in [0, 0.1) is 0 Å². The van der Waals surface area contributed by atoms with E-state index in [-0.39, 0.29) is 0 Å². The van der Waals surface area contributed by atoms with E-state index in [0.29, 0.717) is 6.61 Å². The summed E-state index contributed by atoms with van der Waals surface area (Å²) in [4.78, 5) is 10.6. The zero-order valence-electron chi connectivity index (χ0n) is 7.69. The van der Waals surface area contributed by atoms with Gasteiger partial charge in [0.1, 0.15) is 0 Å². The number of amides is 1. The van der Waals surface area contributed by atoms with Gasteiger partial charge in [0, 0.05) is 0 Å². The number of halogens is 2. The highest BCUT2D eigenvalue weighted by Gasteiger charge is 2.05. The van der Waals surface area contributed by atoms with Crippen molar-refractivity contribution in [2.24, 2.45) is 0 Å². The van der Waals surface area contributed by atoms with Gasteiger partial charge in [-0.3, -0.25) is 0 Å². The summed E-state index contributed by atoms with van der Waals surface area (Å²) >= 11 is 0. The molecule has 0 aromatic heterocycles. The highest BCUT2D eigenvalue weighted by Crippen LogP contribution is 1.94. The van der Waals surface area contributed by atoms with E-state index >= 15 is 0 Å². The first kappa shape index (κ1) is 12.1. The Bertz CT molecular complexity index is 142. The van der Waals surface area contributed by atoms with E-state index in [1.807, 2.05) is 12.2 Å². The highest BCUT2D eigenvalue weighted by molar-refractivity contribution is 5.67. The fraction of sp³-hybridized carbons (Fsp3) is 0.875. The van der Waals surface area contributed by atoms with Crippen LogP contribution in [0.2, 0.25) is 0 Å². The number of alkyl carbamates (subject to hydrolysis) is 1. The van der Waals surface area contributed by atoms with Crippen LogP contribution in [0.25, 0.3) is 0 Å². The third-order valence-electron chi connectivity index (χ3n) is 1.38. The fourth-order valence-corrected chi connectivity index (χ4v) is 0.728. The number of carbonyl (C=O) groups excluding carboxylic acids is 1. The first-order chi connectivity index (χ1) is 6.16. The molecule has 78 valence electrons. The van der Waals surface area contributed by atoms with E-state index in [2.05, 4.69) is 4.74 Å². The maximum absolute atomic E-state index is 11.6. The van der Waals surface area contributed by atoms with Crippen molar-refractivity contribution in [2.45, 2.75) is 32.6 Å². The van der Waals surface area contributed by atoms with Crippen molar-refractivity contribution in [1.29, 1.82) is 0 Å². The Kier molecular flexibility index (Phi) is 7.24. The summed E-state index contributed by atoms with van der Waals surface area (Å²) in [7, 11) is 0. The van der Waals surface area contributed by atoms with Gasteiger partial charge < -0.3 is 10.1 Å². The summed E-state index contributed by atoms with van der Waals surface area (Å²) in [5, 5.41) is 1.95. The molecule has 0 fully saturated rings. The van der Waals surface area contributed by atoms with Gasteiger partial charge in [-0.25, -0.2) is 13.6 Å². The van der Waals surface area contributed by atoms with E-state index < -0.39 is 19.1 Å². The first-order valence-corrected chi connectivity index (χ1v) is 4.35. The average Bonchev–Trinajstić information content (AvgIpc) is 2.09. The number of rotatable bonds is 6. The molecule has 0 aromatic rings. The second-order valence-electron chi connectivity index (χ2n) is 2.62. The lowest BCUT2D eigenvalue weighted by molar-refractivity contribution is 0.119. The van der Waals surface area contributed by atoms with Crippen LogP contribution >= 0.6 is 0 Å². The molecule has 0 saturated heterocycles. The second kappa shape index (κ2) is 7.76. The van der Waals surface area contributed by atoms with Gasteiger partial charge in [0.2, 0.25) is 0 Å². The zero-order chi connectivity index (χ0) is 10.1. The van der Waals surface area contributed by atoms with Gasteiger partial charge in [-0.05, 0) is 6.42 Å². The summed E-state index contributed by atoms with van der Waals surface area (Å²) in [6.45, 7) is 1.67. The zero-order valence-corrected chi connectivity index (χ0v) is 7.69. The van der Waals surface area contributed by atoms with Crippen molar-refractivity contribution < 1.29 is 18.3 Å². The van der Waals surface area contributed by atoms with Crippen LogP contribution in [0.15, 0.2) is 0 Å². The number of ether oxygens (including phenoxy) is 1. The SMILES string of the molecule is CCCCCOC(=O)NCC(F)F. The van der Waals surface area contributed by atoms with Gasteiger partial charge in [0.25, 0.3) is 6.43 Å². The largest absolute Gasteiger partial charge is 0.450 e. The monoisotopic (exact) mass is 195 g/mol. The summed E-state index contributed by atoms with van der Waals surface area (Å²) in [6.07, 6.45) is -0.512. The summed E-state index contributed by atoms with van der Waals surface area (Å²) in [6, 6.07) is 0. The number of hydrogen-bond donors (Lipinski definition) is 1. The number of carbonyl (C=O) groups is 1. The lowest BCUT2D eigenvalue weighted by Crippen LogP contribution is -2.29. The molecule has 0 bridgehead atoms. The van der Waals surface area contributed by atoms with Crippen LogP contribution in [0.3, 0.4) is 0 Å². The van der Waals surface area contributed by atoms with Gasteiger partial charge in [-0.1, -0.05) is 19.8 Å². The number of nitrogens with one attached hydrogen (secondary N) is 1. The summed E-state index contributed by atoms with van der Waals surface area (Å²) in [5.41, 5.74) is 0. The Morgan fingerprint density at radius 1 is 1.46 bits per heavy atom. The predicted octanol–water partition coefficient (Wildman–Crippen LogP) is 2.17. The Labute approximate surface area is 76.4 Å². The number of alkyl halides is 2. The van der Waals surface area contributed by atoms with E-state index in [0.717, 1.165) is 19.3 Å². The quantitative estimate of drug-likeness (QED) is 0.659. The molecule has 0 aliphatic carbocycles. The van der Waals surface area contributed by atoms with E-state index in [1.165, 1.54) is 0 Å². The molecule has 0 rings (SSSR count). The molecular formula is C8H15F2NO2. The van der Waals surface area contributed by atoms with Crippen LogP contribution in [0.4, 0.5) is 13.6 Å². The minimum atomic E-state index is -2.52. The summed E-state index contributed by atoms with van der Waals surface area (Å²) in [5.74, 6) is 0. The van der Waals surface area contributed by atoms with E-state index in [1.54, 1.807) is 0 Å². The van der Waals surface area contributed by atoms with Crippen molar-refractivity contribution in [2.75, 3.05) is 13.2 Å². The molecule has 0 atom stereocenters. The predicted molar refractivity (Wildman–Crippen MR) is 44.9 cm³/mol. The fourth-order valence-electron chi connectivity index (χ4n) is 0.728. The topological polar surface area (TPSA) is 38.3 Å². The Morgan fingerprint density at radius 2 is 2.15 bits per heavy atom. The van der Waals surface area contributed by atoms with Crippen molar-refractivity contribution >= 4 is 6.09 Å². The third kappa shape index (κ3) is 9.04. The first-order valence-electron chi connectivity index (χ1n) is 4.35. The van der Waals surface area contributed by atoms with Gasteiger partial charge >= 0.3 is 6.09 Å². The van der Waals surface area contributed by atoms with Crippen LogP contribution in [0.1, 0.15) is 26.2 Å². The van der Waals surface area contributed by atoms with Crippen LogP contribution < -0.4 is 5.32 Å². The number of hydrogen-bond acceptors (Lipinski definition) is 2. The third-order valence-corrected chi connectivity index (χ3v) is 1.38. The molecule has 1 amide bonds. The minimum absolute atomic E-state index is 0.295. The standard InChI is InChI=1S/C8H15F2NO2/c1-2-3-4-5-13-8(12)11-6-7(9)10/h7H,2-6H2,1H3,(H,11,12). The van der Waals surface area contributed by atoms with Crippen LogP contribution in [-0.2, 0) is 4.74 Å². The van der Waals surface area contributed by atoms with Crippen LogP contribution in [-0.4, -0.2) is 25.7 Å². The van der Waals surface area contributed by atoms with Gasteiger partial charge in [0.15, 0.2) is 0 Å². The number of unbranched alkanes of at least 4 members (excludes halogenated alkanes) is 2. The molecule has 0 radical (unpaired) electrons. The molecule has 0 spiro atoms. The molecular weight excluding hydrogens is 180 g/mol. The highest BCUT2D eigenvalue weighted by atomic mass is 19.3. The van der Waals surface area contributed by atoms with Gasteiger partial charge in [-0.15, -0.1) is 0 Å². The van der Waals surface area contributed by atoms with Gasteiger partial charge in [0.05, 0.1) is 13.2 Å². The molecule has 0 aromatic carbocycles. The molecule has 0 heterocycles. The Hall–Kier alpha value is -0.870. The average molecular weight is 195 g/mol. The van der Waals surface area contributed by atoms with E-state index in [4.69, 9.17) is 0 Å². The van der Waals surface area contributed by atoms with Crippen molar-refractivity contribution in [3.8, 4) is 0 Å². The molecule has 0 saturated carbocycles. The van der Waals surface area contributed by atoms with Crippen LogP contribution in [0.5, 0.6) is 0 Å². The maximum Gasteiger partial charge on any atom is 0.407 e. The van der Waals surface area contributed by atoms with E-state index in [9.17, 15) is 13.6 Å². The lowest BCUT2D eigenvalue weighted by Gasteiger charge is -2.05. The van der Waals surface area contributed by atoms with Crippen molar-refractivity contribution in [1.82, 2.24) is 5.32 Å². The molecule has 0 aliphatic rings. The molecule has 13 heavy (non-hydrogen) atoms. The molecule has 3 nitrogen and oxygen atoms in total. The maximum atomic E-state index is 11.6. The lowest BCUT2D eigenvalue weighted by atomic mass is 10.3. The summed E-state index contributed by atoms with van der Waals surface area (Å²) < 4.78 is 27.7. The molecule has 0 unspecified atom stereocenters. The van der Waals surface area contributed by atoms with Crippen molar-refractivity contribution in [3.63, 3.8) is 0 Å². The normalized spacial score (nSPS) is 10.2. The van der Waals surface area contributed by atoms with Crippen molar-refractivity contribution in [3.05, 3.63) is 0 Å². The Morgan fingerprint density at radius 3 is 2.69 bits per heavy atom. The smallest absolute Gasteiger partial charge is 0.407 e.